The van der Waals surface area contributed by atoms with Gasteiger partial charge in [-0.2, -0.15) is 5.26 Å². The molecule has 0 atom stereocenters. The van der Waals surface area contributed by atoms with E-state index in [2.05, 4.69) is 4.74 Å². The first kappa shape index (κ1) is 10.6. The predicted octanol–water partition coefficient (Wildman–Crippen LogP) is 2.18. The Morgan fingerprint density at radius 1 is 1.36 bits per heavy atom. The second-order valence-electron chi connectivity index (χ2n) is 2.81. The molecule has 2 nitrogen and oxygen atoms in total. The molecule has 74 valence electrons. The number of halogens is 2. The van der Waals surface area contributed by atoms with Gasteiger partial charge in [0.25, 0.3) is 0 Å². The largest absolute Gasteiger partial charge is 0.380 e. The molecule has 4 heteroatoms. The van der Waals surface area contributed by atoms with Crippen molar-refractivity contribution in [3.8, 4) is 6.07 Å². The van der Waals surface area contributed by atoms with Crippen LogP contribution in [0.15, 0.2) is 12.1 Å². The van der Waals surface area contributed by atoms with Gasteiger partial charge in [-0.15, -0.1) is 0 Å². The Morgan fingerprint density at radius 3 is 2.36 bits per heavy atom. The van der Waals surface area contributed by atoms with Gasteiger partial charge in [0.05, 0.1) is 19.1 Å². The molecule has 0 aromatic heterocycles. The first-order chi connectivity index (χ1) is 6.69. The Hall–Kier alpha value is -1.47. The van der Waals surface area contributed by atoms with Crippen LogP contribution in [0.5, 0.6) is 0 Å². The SMILES string of the molecule is COCc1c(F)cc(CC#N)cc1F. The lowest BCUT2D eigenvalue weighted by molar-refractivity contribution is 0.177. The van der Waals surface area contributed by atoms with Gasteiger partial charge in [0.2, 0.25) is 0 Å². The summed E-state index contributed by atoms with van der Waals surface area (Å²) in [7, 11) is 1.36. The van der Waals surface area contributed by atoms with E-state index < -0.39 is 11.6 Å². The second kappa shape index (κ2) is 4.68. The van der Waals surface area contributed by atoms with Crippen LogP contribution in [0.4, 0.5) is 8.78 Å². The zero-order valence-electron chi connectivity index (χ0n) is 7.68. The quantitative estimate of drug-likeness (QED) is 0.744. The topological polar surface area (TPSA) is 33.0 Å². The summed E-state index contributed by atoms with van der Waals surface area (Å²) in [5.74, 6) is -1.34. The summed E-state index contributed by atoms with van der Waals surface area (Å²) in [4.78, 5) is 0. The Morgan fingerprint density at radius 2 is 1.93 bits per heavy atom. The van der Waals surface area contributed by atoms with Crippen LogP contribution in [-0.4, -0.2) is 7.11 Å². The number of nitriles is 1. The van der Waals surface area contributed by atoms with E-state index >= 15 is 0 Å². The zero-order chi connectivity index (χ0) is 10.6. The number of ether oxygens (including phenoxy) is 1. The fourth-order valence-corrected chi connectivity index (χ4v) is 1.13. The highest BCUT2D eigenvalue weighted by Crippen LogP contribution is 2.16. The number of hydrogen-bond donors (Lipinski definition) is 0. The van der Waals surface area contributed by atoms with Crippen molar-refractivity contribution >= 4 is 0 Å². The smallest absolute Gasteiger partial charge is 0.131 e. The molecular formula is C10H9F2NO. The average Bonchev–Trinajstić information content (AvgIpc) is 2.12. The van der Waals surface area contributed by atoms with E-state index in [4.69, 9.17) is 5.26 Å². The maximum Gasteiger partial charge on any atom is 0.131 e. The molecule has 0 saturated heterocycles. The monoisotopic (exact) mass is 197 g/mol. The summed E-state index contributed by atoms with van der Waals surface area (Å²) >= 11 is 0. The fourth-order valence-electron chi connectivity index (χ4n) is 1.13. The van der Waals surface area contributed by atoms with Crippen molar-refractivity contribution < 1.29 is 13.5 Å². The van der Waals surface area contributed by atoms with Crippen LogP contribution in [0.2, 0.25) is 0 Å². The van der Waals surface area contributed by atoms with Gasteiger partial charge in [-0.3, -0.25) is 0 Å². The summed E-state index contributed by atoms with van der Waals surface area (Å²) in [6.45, 7) is -0.107. The molecule has 0 saturated carbocycles. The lowest BCUT2D eigenvalue weighted by atomic mass is 10.1. The lowest BCUT2D eigenvalue weighted by Crippen LogP contribution is -1.99. The van der Waals surface area contributed by atoms with Gasteiger partial charge in [0.15, 0.2) is 0 Å². The summed E-state index contributed by atoms with van der Waals surface area (Å²) in [5.41, 5.74) is 0.233. The highest BCUT2D eigenvalue weighted by molar-refractivity contribution is 5.27. The molecule has 0 heterocycles. The van der Waals surface area contributed by atoms with E-state index in [1.165, 1.54) is 7.11 Å². The molecule has 1 aromatic rings. The zero-order valence-corrected chi connectivity index (χ0v) is 7.68. The third kappa shape index (κ3) is 2.27. The third-order valence-electron chi connectivity index (χ3n) is 1.77. The van der Waals surface area contributed by atoms with Crippen LogP contribution >= 0.6 is 0 Å². The van der Waals surface area contributed by atoms with Crippen LogP contribution in [0.25, 0.3) is 0 Å². The fraction of sp³-hybridized carbons (Fsp3) is 0.300. The summed E-state index contributed by atoms with van der Waals surface area (Å²) in [6.07, 6.45) is 0.00109. The molecular weight excluding hydrogens is 188 g/mol. The van der Waals surface area contributed by atoms with Crippen LogP contribution < -0.4 is 0 Å². The van der Waals surface area contributed by atoms with Gasteiger partial charge in [-0.1, -0.05) is 0 Å². The molecule has 0 N–H and O–H groups in total. The molecule has 0 radical (unpaired) electrons. The van der Waals surface area contributed by atoms with E-state index in [0.29, 0.717) is 5.56 Å². The minimum atomic E-state index is -0.669. The number of hydrogen-bond acceptors (Lipinski definition) is 2. The number of nitrogens with zero attached hydrogens (tertiary/aromatic N) is 1. The molecule has 1 rings (SSSR count). The lowest BCUT2D eigenvalue weighted by Gasteiger charge is -2.05. The van der Waals surface area contributed by atoms with Gasteiger partial charge in [0.1, 0.15) is 11.6 Å². The molecule has 0 bridgehead atoms. The predicted molar refractivity (Wildman–Crippen MR) is 46.4 cm³/mol. The molecule has 0 aliphatic rings. The van der Waals surface area contributed by atoms with Crippen LogP contribution in [0, 0.1) is 23.0 Å². The van der Waals surface area contributed by atoms with Crippen molar-refractivity contribution in [1.82, 2.24) is 0 Å². The van der Waals surface area contributed by atoms with E-state index in [0.717, 1.165) is 12.1 Å². The number of methoxy groups -OCH3 is 1. The molecule has 14 heavy (non-hydrogen) atoms. The highest BCUT2D eigenvalue weighted by atomic mass is 19.1. The second-order valence-corrected chi connectivity index (χ2v) is 2.81. The Labute approximate surface area is 80.7 Å². The number of rotatable bonds is 3. The van der Waals surface area contributed by atoms with Crippen molar-refractivity contribution in [2.75, 3.05) is 7.11 Å². The molecule has 0 aliphatic carbocycles. The van der Waals surface area contributed by atoms with Gasteiger partial charge >= 0.3 is 0 Å². The van der Waals surface area contributed by atoms with Gasteiger partial charge in [-0.05, 0) is 17.7 Å². The third-order valence-corrected chi connectivity index (χ3v) is 1.77. The van der Waals surface area contributed by atoms with Gasteiger partial charge in [-0.25, -0.2) is 8.78 Å². The Bertz CT molecular complexity index is 348. The van der Waals surface area contributed by atoms with Crippen molar-refractivity contribution in [3.63, 3.8) is 0 Å². The molecule has 0 unspecified atom stereocenters. The Kier molecular flexibility index (Phi) is 3.55. The van der Waals surface area contributed by atoms with Crippen LogP contribution in [0.1, 0.15) is 11.1 Å². The van der Waals surface area contributed by atoms with Crippen molar-refractivity contribution in [3.05, 3.63) is 34.9 Å². The van der Waals surface area contributed by atoms with Gasteiger partial charge in [0, 0.05) is 12.7 Å². The molecule has 0 spiro atoms. The van der Waals surface area contributed by atoms with Crippen molar-refractivity contribution in [1.29, 1.82) is 5.26 Å². The summed E-state index contributed by atoms with van der Waals surface area (Å²) in [6, 6.07) is 4.13. The summed E-state index contributed by atoms with van der Waals surface area (Å²) in [5, 5.41) is 8.35. The minimum absolute atomic E-state index is 0.00109. The highest BCUT2D eigenvalue weighted by Gasteiger charge is 2.10. The maximum atomic E-state index is 13.2. The van der Waals surface area contributed by atoms with Crippen LogP contribution in [-0.2, 0) is 17.8 Å². The molecule has 0 amide bonds. The molecule has 0 aliphatic heterocycles. The minimum Gasteiger partial charge on any atom is -0.380 e. The van der Waals surface area contributed by atoms with E-state index in [9.17, 15) is 8.78 Å². The Balaban J connectivity index is 3.06. The maximum absolute atomic E-state index is 13.2. The average molecular weight is 197 g/mol. The first-order valence-corrected chi connectivity index (χ1v) is 4.01. The standard InChI is InChI=1S/C10H9F2NO/c1-14-6-8-9(11)4-7(2-3-13)5-10(8)12/h4-5H,2,6H2,1H3. The first-order valence-electron chi connectivity index (χ1n) is 4.01. The number of benzene rings is 1. The summed E-state index contributed by atoms with van der Waals surface area (Å²) < 4.78 is 31.0. The van der Waals surface area contributed by atoms with E-state index in [1.807, 2.05) is 6.07 Å². The van der Waals surface area contributed by atoms with Crippen molar-refractivity contribution in [2.24, 2.45) is 0 Å². The molecule has 1 aromatic carbocycles. The van der Waals surface area contributed by atoms with E-state index in [-0.39, 0.29) is 18.6 Å². The van der Waals surface area contributed by atoms with Gasteiger partial charge < -0.3 is 4.74 Å². The molecule has 0 fully saturated rings. The van der Waals surface area contributed by atoms with Crippen LogP contribution in [0.3, 0.4) is 0 Å². The normalized spacial score (nSPS) is 9.86. The van der Waals surface area contributed by atoms with E-state index in [1.54, 1.807) is 0 Å². The van der Waals surface area contributed by atoms with Crippen molar-refractivity contribution in [2.45, 2.75) is 13.0 Å².